The maximum Gasteiger partial charge on any atom is 0.175 e. The van der Waals surface area contributed by atoms with Crippen LogP contribution in [-0.2, 0) is 0 Å². The zero-order chi connectivity index (χ0) is 18.1. The minimum Gasteiger partial charge on any atom is -0.108 e. The summed E-state index contributed by atoms with van der Waals surface area (Å²) in [4.78, 5) is 0. The van der Waals surface area contributed by atoms with Gasteiger partial charge in [0.2, 0.25) is 0 Å². The van der Waals surface area contributed by atoms with Crippen molar-refractivity contribution in [1.29, 1.82) is 0 Å². The van der Waals surface area contributed by atoms with E-state index in [1.807, 2.05) is 5.47 Å². The fourth-order valence-corrected chi connectivity index (χ4v) is 7.07. The van der Waals surface area contributed by atoms with Gasteiger partial charge < -0.3 is 0 Å². The monoisotopic (exact) mass is 360 g/mol. The minimum atomic E-state index is -1.14. The van der Waals surface area contributed by atoms with E-state index >= 15 is 0 Å². The first-order valence-corrected chi connectivity index (χ1v) is 15.3. The van der Waals surface area contributed by atoms with Gasteiger partial charge in [-0.2, -0.15) is 0 Å². The van der Waals surface area contributed by atoms with Crippen molar-refractivity contribution in [3.05, 3.63) is 11.2 Å². The van der Waals surface area contributed by atoms with Gasteiger partial charge in [-0.1, -0.05) is 128 Å². The van der Waals surface area contributed by atoms with Gasteiger partial charge in [-0.15, -0.1) is 11.2 Å². The molecular formula is C23H45BSi. The highest BCUT2D eigenvalue weighted by atomic mass is 28.3. The van der Waals surface area contributed by atoms with Crippen molar-refractivity contribution >= 4 is 14.8 Å². The third-order valence-electron chi connectivity index (χ3n) is 6.68. The second-order valence-corrected chi connectivity index (χ2v) is 15.2. The van der Waals surface area contributed by atoms with Crippen LogP contribution in [0.25, 0.3) is 0 Å². The topological polar surface area (TPSA) is 0 Å². The van der Waals surface area contributed by atoms with Crippen molar-refractivity contribution in [3.63, 3.8) is 0 Å². The van der Waals surface area contributed by atoms with E-state index in [0.717, 1.165) is 18.3 Å². The Kier molecular flexibility index (Phi) is 9.38. The third-order valence-corrected chi connectivity index (χ3v) is 7.92. The lowest BCUT2D eigenvalue weighted by atomic mass is 9.27. The predicted octanol–water partition coefficient (Wildman–Crippen LogP) is 8.46. The van der Waals surface area contributed by atoms with Gasteiger partial charge >= 0.3 is 0 Å². The fraction of sp³-hybridized carbons (Fsp3) is 0.913. The zero-order valence-electron chi connectivity index (χ0n) is 17.9. The molecule has 0 aliphatic heterocycles. The molecule has 2 aliphatic rings. The summed E-state index contributed by atoms with van der Waals surface area (Å²) < 4.78 is 0. The van der Waals surface area contributed by atoms with Crippen molar-refractivity contribution in [2.45, 2.75) is 135 Å². The van der Waals surface area contributed by atoms with Crippen LogP contribution >= 0.6 is 0 Å². The number of allylic oxidation sites excluding steroid dienone is 1. The van der Waals surface area contributed by atoms with E-state index < -0.39 is 8.07 Å². The maximum absolute atomic E-state index is 2.85. The van der Waals surface area contributed by atoms with E-state index in [1.54, 1.807) is 0 Å². The predicted molar refractivity (Wildman–Crippen MR) is 120 cm³/mol. The Hall–Kier alpha value is 0.0218. The molecule has 2 aliphatic carbocycles. The van der Waals surface area contributed by atoms with Crippen molar-refractivity contribution in [1.82, 2.24) is 0 Å². The van der Waals surface area contributed by atoms with Crippen molar-refractivity contribution in [2.24, 2.45) is 0 Å². The SMILES string of the molecule is CCCCCC/C(=C\[Si](C)(C)C)B(C1CCCCC1)C1CCCCC1. The first-order valence-electron chi connectivity index (χ1n) is 11.7. The lowest BCUT2D eigenvalue weighted by Crippen LogP contribution is -2.34. The Morgan fingerprint density at radius 1 is 0.800 bits per heavy atom. The van der Waals surface area contributed by atoms with Gasteiger partial charge in [-0.3, -0.25) is 0 Å². The summed E-state index contributed by atoms with van der Waals surface area (Å²) in [5, 5.41) is 0. The summed E-state index contributed by atoms with van der Waals surface area (Å²) in [5.74, 6) is 2.04. The molecule has 2 saturated carbocycles. The highest BCUT2D eigenvalue weighted by Crippen LogP contribution is 2.45. The molecule has 2 fully saturated rings. The van der Waals surface area contributed by atoms with E-state index in [-0.39, 0.29) is 0 Å². The molecule has 0 aromatic carbocycles. The van der Waals surface area contributed by atoms with Crippen LogP contribution in [-0.4, -0.2) is 14.8 Å². The molecule has 0 unspecified atom stereocenters. The first kappa shape index (κ1) is 21.3. The third kappa shape index (κ3) is 7.65. The molecule has 2 heteroatoms. The van der Waals surface area contributed by atoms with Gasteiger partial charge in [0.15, 0.2) is 6.71 Å². The summed E-state index contributed by atoms with van der Waals surface area (Å²) in [7, 11) is -1.14. The number of hydrogen-bond acceptors (Lipinski definition) is 0. The van der Waals surface area contributed by atoms with E-state index in [2.05, 4.69) is 32.3 Å². The summed E-state index contributed by atoms with van der Waals surface area (Å²) >= 11 is 0. The highest BCUT2D eigenvalue weighted by molar-refractivity contribution is 6.83. The molecule has 0 saturated heterocycles. The van der Waals surface area contributed by atoms with Crippen LogP contribution in [0.1, 0.15) is 103 Å². The Bertz CT molecular complexity index is 365. The summed E-state index contributed by atoms with van der Waals surface area (Å²) in [6.45, 7) is 11.0. The highest BCUT2D eigenvalue weighted by Gasteiger charge is 2.37. The molecule has 0 N–H and O–H groups in total. The van der Waals surface area contributed by atoms with E-state index in [9.17, 15) is 0 Å². The number of unbranched alkanes of at least 4 members (excludes halogenated alkanes) is 3. The molecule has 2 rings (SSSR count). The number of hydrogen-bond donors (Lipinski definition) is 0. The van der Waals surface area contributed by atoms with Crippen LogP contribution in [0.3, 0.4) is 0 Å². The molecule has 0 radical (unpaired) electrons. The van der Waals surface area contributed by atoms with Crippen molar-refractivity contribution in [2.75, 3.05) is 0 Å². The van der Waals surface area contributed by atoms with Gasteiger partial charge in [-0.25, -0.2) is 0 Å². The second-order valence-electron chi connectivity index (χ2n) is 10.2. The van der Waals surface area contributed by atoms with Gasteiger partial charge in [0, 0.05) is 0 Å². The quantitative estimate of drug-likeness (QED) is 0.286. The largest absolute Gasteiger partial charge is 0.175 e. The van der Waals surface area contributed by atoms with Crippen LogP contribution in [0.15, 0.2) is 11.2 Å². The lowest BCUT2D eigenvalue weighted by Gasteiger charge is -2.38. The van der Waals surface area contributed by atoms with Gasteiger partial charge in [0.25, 0.3) is 0 Å². The Labute approximate surface area is 160 Å². The summed E-state index contributed by atoms with van der Waals surface area (Å²) in [6.07, 6.45) is 22.2. The Morgan fingerprint density at radius 3 is 1.76 bits per heavy atom. The lowest BCUT2D eigenvalue weighted by molar-refractivity contribution is 0.462. The van der Waals surface area contributed by atoms with Crippen LogP contribution in [0.5, 0.6) is 0 Å². The molecule has 25 heavy (non-hydrogen) atoms. The maximum atomic E-state index is 2.85. The molecule has 144 valence electrons. The van der Waals surface area contributed by atoms with Gasteiger partial charge in [0.1, 0.15) is 0 Å². The molecular weight excluding hydrogens is 315 g/mol. The van der Waals surface area contributed by atoms with Crippen molar-refractivity contribution < 1.29 is 0 Å². The minimum absolute atomic E-state index is 0.953. The Morgan fingerprint density at radius 2 is 1.32 bits per heavy atom. The zero-order valence-corrected chi connectivity index (χ0v) is 18.9. The van der Waals surface area contributed by atoms with Crippen LogP contribution in [0.4, 0.5) is 0 Å². The van der Waals surface area contributed by atoms with Crippen molar-refractivity contribution in [3.8, 4) is 0 Å². The molecule has 0 heterocycles. The molecule has 0 atom stereocenters. The van der Waals surface area contributed by atoms with Crippen LogP contribution in [0.2, 0.25) is 31.3 Å². The number of rotatable bonds is 9. The second kappa shape index (κ2) is 11.0. The standard InChI is InChI=1S/C23H45BSi/c1-5-6-7-10-19-23(20-25(2,3)4)24(21-15-11-8-12-16-21)22-17-13-9-14-18-22/h20-22H,5-19H2,1-4H3/b23-20+. The summed E-state index contributed by atoms with van der Waals surface area (Å²) in [5.41, 5.74) is 4.79. The average molecular weight is 361 g/mol. The Balaban J connectivity index is 2.18. The normalized spacial score (nSPS) is 21.5. The first-order chi connectivity index (χ1) is 12.0. The van der Waals surface area contributed by atoms with Gasteiger partial charge in [0.05, 0.1) is 8.07 Å². The summed E-state index contributed by atoms with van der Waals surface area (Å²) in [6, 6.07) is 0. The molecule has 0 nitrogen and oxygen atoms in total. The molecule has 0 bridgehead atoms. The molecule has 0 aromatic heterocycles. The van der Waals surface area contributed by atoms with Gasteiger partial charge in [-0.05, 0) is 6.42 Å². The average Bonchev–Trinajstić information content (AvgIpc) is 2.59. The molecule has 0 spiro atoms. The molecule has 0 aromatic rings. The van der Waals surface area contributed by atoms with E-state index in [0.29, 0.717) is 0 Å². The molecule has 0 amide bonds. The van der Waals surface area contributed by atoms with E-state index in [4.69, 9.17) is 0 Å². The fourth-order valence-electron chi connectivity index (χ4n) is 5.62. The smallest absolute Gasteiger partial charge is 0.108 e. The van der Waals surface area contributed by atoms with E-state index in [1.165, 1.54) is 96.3 Å². The van der Waals surface area contributed by atoms with Crippen LogP contribution < -0.4 is 0 Å². The van der Waals surface area contributed by atoms with Crippen LogP contribution in [0, 0.1) is 0 Å².